The summed E-state index contributed by atoms with van der Waals surface area (Å²) < 4.78 is 33.6. The molecule has 7 heteroatoms. The number of nitrogens with one attached hydrogen (secondary N) is 2. The van der Waals surface area contributed by atoms with Gasteiger partial charge in [-0.3, -0.25) is 4.79 Å². The minimum Gasteiger partial charge on any atom is -0.480 e. The van der Waals surface area contributed by atoms with Crippen molar-refractivity contribution in [2.45, 2.75) is 65.3 Å². The molecule has 198 valence electrons. The lowest BCUT2D eigenvalue weighted by molar-refractivity contribution is -0.128. The van der Waals surface area contributed by atoms with E-state index >= 15 is 0 Å². The first-order valence-corrected chi connectivity index (χ1v) is 12.6. The van der Waals surface area contributed by atoms with Crippen LogP contribution in [0.15, 0.2) is 60.7 Å². The van der Waals surface area contributed by atoms with Gasteiger partial charge in [0, 0.05) is 19.2 Å². The zero-order valence-corrected chi connectivity index (χ0v) is 21.9. The fourth-order valence-electron chi connectivity index (χ4n) is 4.25. The largest absolute Gasteiger partial charge is 0.480 e. The predicted octanol–water partition coefficient (Wildman–Crippen LogP) is 4.79. The summed E-state index contributed by atoms with van der Waals surface area (Å²) in [6, 6.07) is 16.3. The molecule has 3 atom stereocenters. The number of hydrogen-bond acceptors (Lipinski definition) is 4. The molecule has 0 aromatic heterocycles. The first kappa shape index (κ1) is 28.3. The van der Waals surface area contributed by atoms with Crippen LogP contribution in [0.2, 0.25) is 0 Å². The molecular formula is C30H36F2N2O3. The Bertz CT molecular complexity index is 1160. The molecule has 3 aromatic carbocycles. The number of halogens is 2. The number of benzene rings is 3. The molecule has 0 bridgehead atoms. The SMILES string of the molecule is CCc1cccc(CNCC(O)C(Cc2cc(F)cc(F)c2)NC(=O)C(C)Oc2c(C)cccc2C)c1. The summed E-state index contributed by atoms with van der Waals surface area (Å²) in [7, 11) is 0. The lowest BCUT2D eigenvalue weighted by Gasteiger charge is -2.27. The smallest absolute Gasteiger partial charge is 0.261 e. The van der Waals surface area contributed by atoms with Crippen LogP contribution in [-0.2, 0) is 24.2 Å². The average molecular weight is 511 g/mol. The molecule has 0 saturated heterocycles. The average Bonchev–Trinajstić information content (AvgIpc) is 2.85. The first-order valence-electron chi connectivity index (χ1n) is 12.6. The van der Waals surface area contributed by atoms with Crippen LogP contribution in [0.5, 0.6) is 5.75 Å². The Balaban J connectivity index is 1.70. The van der Waals surface area contributed by atoms with Gasteiger partial charge < -0.3 is 20.5 Å². The van der Waals surface area contributed by atoms with Crippen molar-refractivity contribution in [3.05, 3.63) is 100 Å². The number of hydrogen-bond donors (Lipinski definition) is 3. The summed E-state index contributed by atoms with van der Waals surface area (Å²) in [6.07, 6.45) is -0.887. The predicted molar refractivity (Wildman–Crippen MR) is 142 cm³/mol. The van der Waals surface area contributed by atoms with Crippen molar-refractivity contribution in [1.82, 2.24) is 10.6 Å². The summed E-state index contributed by atoms with van der Waals surface area (Å²) in [5, 5.41) is 17.0. The maximum atomic E-state index is 13.8. The molecule has 37 heavy (non-hydrogen) atoms. The molecule has 0 radical (unpaired) electrons. The molecule has 0 heterocycles. The third-order valence-electron chi connectivity index (χ3n) is 6.32. The van der Waals surface area contributed by atoms with Crippen molar-refractivity contribution in [2.24, 2.45) is 0 Å². The topological polar surface area (TPSA) is 70.6 Å². The maximum absolute atomic E-state index is 13.8. The molecular weight excluding hydrogens is 474 g/mol. The highest BCUT2D eigenvalue weighted by atomic mass is 19.1. The number of aliphatic hydroxyl groups is 1. The van der Waals surface area contributed by atoms with Crippen LogP contribution in [0, 0.1) is 25.5 Å². The highest BCUT2D eigenvalue weighted by Gasteiger charge is 2.26. The van der Waals surface area contributed by atoms with Crippen LogP contribution >= 0.6 is 0 Å². The van der Waals surface area contributed by atoms with Crippen LogP contribution in [0.1, 0.15) is 41.7 Å². The highest BCUT2D eigenvalue weighted by molar-refractivity contribution is 5.81. The Morgan fingerprint density at radius 1 is 0.946 bits per heavy atom. The van der Waals surface area contributed by atoms with E-state index in [1.165, 1.54) is 17.7 Å². The van der Waals surface area contributed by atoms with Crippen LogP contribution in [0.4, 0.5) is 8.78 Å². The summed E-state index contributed by atoms with van der Waals surface area (Å²) in [5.74, 6) is -1.23. The number of aliphatic hydroxyl groups excluding tert-OH is 1. The number of carbonyl (C=O) groups excluding carboxylic acids is 1. The molecule has 3 aromatic rings. The molecule has 0 aliphatic rings. The van der Waals surface area contributed by atoms with E-state index in [-0.39, 0.29) is 13.0 Å². The second-order valence-electron chi connectivity index (χ2n) is 9.45. The van der Waals surface area contributed by atoms with Crippen molar-refractivity contribution in [2.75, 3.05) is 6.54 Å². The summed E-state index contributed by atoms with van der Waals surface area (Å²) >= 11 is 0. The monoisotopic (exact) mass is 510 g/mol. The van der Waals surface area contributed by atoms with Gasteiger partial charge >= 0.3 is 0 Å². The zero-order chi connectivity index (χ0) is 26.9. The number of carbonyl (C=O) groups is 1. The van der Waals surface area contributed by atoms with Gasteiger partial charge in [-0.25, -0.2) is 8.78 Å². The molecule has 0 spiro atoms. The van der Waals surface area contributed by atoms with Gasteiger partial charge in [0.2, 0.25) is 0 Å². The fourth-order valence-corrected chi connectivity index (χ4v) is 4.25. The van der Waals surface area contributed by atoms with Gasteiger partial charge in [0.05, 0.1) is 12.1 Å². The Morgan fingerprint density at radius 3 is 2.22 bits per heavy atom. The second kappa shape index (κ2) is 13.3. The van der Waals surface area contributed by atoms with Crippen molar-refractivity contribution in [1.29, 1.82) is 0 Å². The Hall–Kier alpha value is -3.29. The van der Waals surface area contributed by atoms with Crippen LogP contribution in [0.25, 0.3) is 0 Å². The summed E-state index contributed by atoms with van der Waals surface area (Å²) in [4.78, 5) is 13.1. The number of aryl methyl sites for hydroxylation is 3. The van der Waals surface area contributed by atoms with E-state index in [2.05, 4.69) is 29.7 Å². The molecule has 3 N–H and O–H groups in total. The van der Waals surface area contributed by atoms with Gasteiger partial charge in [-0.05, 0) is 73.6 Å². The quantitative estimate of drug-likeness (QED) is 0.328. The van der Waals surface area contributed by atoms with Crippen molar-refractivity contribution in [3.8, 4) is 5.75 Å². The second-order valence-corrected chi connectivity index (χ2v) is 9.45. The van der Waals surface area contributed by atoms with Crippen molar-refractivity contribution >= 4 is 5.91 Å². The Kier molecular flexibility index (Phi) is 10.2. The molecule has 3 unspecified atom stereocenters. The number of para-hydroxylation sites is 1. The van der Waals surface area contributed by atoms with E-state index in [0.717, 1.165) is 29.2 Å². The first-order chi connectivity index (χ1) is 17.7. The molecule has 0 aliphatic carbocycles. The highest BCUT2D eigenvalue weighted by Crippen LogP contribution is 2.23. The van der Waals surface area contributed by atoms with Gasteiger partial charge in [0.15, 0.2) is 6.10 Å². The van der Waals surface area contributed by atoms with Gasteiger partial charge in [-0.1, -0.05) is 49.4 Å². The van der Waals surface area contributed by atoms with Gasteiger partial charge in [-0.15, -0.1) is 0 Å². The normalized spacial score (nSPS) is 13.6. The molecule has 0 saturated carbocycles. The lowest BCUT2D eigenvalue weighted by atomic mass is 10.00. The molecule has 1 amide bonds. The van der Waals surface area contributed by atoms with E-state index in [1.807, 2.05) is 44.2 Å². The fraction of sp³-hybridized carbons (Fsp3) is 0.367. The number of rotatable bonds is 12. The van der Waals surface area contributed by atoms with E-state index in [1.54, 1.807) is 6.92 Å². The van der Waals surface area contributed by atoms with Crippen molar-refractivity contribution < 1.29 is 23.4 Å². The molecule has 0 aliphatic heterocycles. The molecule has 5 nitrogen and oxygen atoms in total. The third-order valence-corrected chi connectivity index (χ3v) is 6.32. The van der Waals surface area contributed by atoms with E-state index in [0.29, 0.717) is 17.9 Å². The van der Waals surface area contributed by atoms with Gasteiger partial charge in [-0.2, -0.15) is 0 Å². The number of amides is 1. The molecule has 3 rings (SSSR count). The number of ether oxygens (including phenoxy) is 1. The van der Waals surface area contributed by atoms with Crippen LogP contribution in [-0.4, -0.2) is 35.8 Å². The Labute approximate surface area is 217 Å². The third kappa shape index (κ3) is 8.37. The molecule has 0 fully saturated rings. The van der Waals surface area contributed by atoms with E-state index < -0.39 is 35.8 Å². The van der Waals surface area contributed by atoms with E-state index in [9.17, 15) is 18.7 Å². The van der Waals surface area contributed by atoms with E-state index in [4.69, 9.17) is 4.74 Å². The lowest BCUT2D eigenvalue weighted by Crippen LogP contribution is -2.51. The minimum absolute atomic E-state index is 0.0463. The standard InChI is InChI=1S/C30H36F2N2O3/c1-5-22-10-7-11-23(12-22)17-33-18-28(35)27(15-24-13-25(31)16-26(32)14-24)34-30(36)21(4)37-29-19(2)8-6-9-20(29)3/h6-14,16,21,27-28,33,35H,5,15,17-18H2,1-4H3,(H,34,36). The maximum Gasteiger partial charge on any atom is 0.261 e. The van der Waals surface area contributed by atoms with Gasteiger partial charge in [0.25, 0.3) is 5.91 Å². The van der Waals surface area contributed by atoms with Crippen molar-refractivity contribution in [3.63, 3.8) is 0 Å². The van der Waals surface area contributed by atoms with Crippen LogP contribution in [0.3, 0.4) is 0 Å². The minimum atomic E-state index is -1.02. The summed E-state index contributed by atoms with van der Waals surface area (Å²) in [5.41, 5.74) is 4.44. The zero-order valence-electron chi connectivity index (χ0n) is 21.9. The Morgan fingerprint density at radius 2 is 1.57 bits per heavy atom. The van der Waals surface area contributed by atoms with Crippen LogP contribution < -0.4 is 15.4 Å². The van der Waals surface area contributed by atoms with Gasteiger partial charge in [0.1, 0.15) is 17.4 Å². The summed E-state index contributed by atoms with van der Waals surface area (Å²) in [6.45, 7) is 8.23.